The molecule has 19 heavy (non-hydrogen) atoms. The highest BCUT2D eigenvalue weighted by Gasteiger charge is 2.09. The van der Waals surface area contributed by atoms with E-state index in [-0.39, 0.29) is 0 Å². The molecule has 0 bridgehead atoms. The second-order valence-electron chi connectivity index (χ2n) is 4.08. The fourth-order valence-electron chi connectivity index (χ4n) is 1.54. The van der Waals surface area contributed by atoms with Gasteiger partial charge in [-0.05, 0) is 18.4 Å². The van der Waals surface area contributed by atoms with Crippen LogP contribution in [0, 0.1) is 0 Å². The van der Waals surface area contributed by atoms with E-state index in [2.05, 4.69) is 21.9 Å². The van der Waals surface area contributed by atoms with E-state index in [0.717, 1.165) is 21.6 Å². The lowest BCUT2D eigenvalue weighted by atomic mass is 10.1. The third-order valence-electron chi connectivity index (χ3n) is 2.57. The summed E-state index contributed by atoms with van der Waals surface area (Å²) in [6.07, 6.45) is 3.80. The van der Waals surface area contributed by atoms with Gasteiger partial charge in [0.15, 0.2) is 5.16 Å². The highest BCUT2D eigenvalue weighted by molar-refractivity contribution is 7.99. The molecule has 0 radical (unpaired) electrons. The Labute approximate surface area is 121 Å². The molecule has 0 aromatic carbocycles. The summed E-state index contributed by atoms with van der Waals surface area (Å²) in [6, 6.07) is 7.76. The molecular formula is C13H16N4S2. The van der Waals surface area contributed by atoms with Gasteiger partial charge in [-0.15, -0.1) is 11.8 Å². The van der Waals surface area contributed by atoms with Crippen LogP contribution in [-0.4, -0.2) is 27.0 Å². The van der Waals surface area contributed by atoms with Crippen molar-refractivity contribution in [1.29, 1.82) is 0 Å². The number of nitrogens with two attached hydrogens (primary N) is 1. The first-order valence-electron chi connectivity index (χ1n) is 5.91. The number of thioether (sulfide) groups is 2. The minimum atomic E-state index is 0.356. The van der Waals surface area contributed by atoms with Gasteiger partial charge >= 0.3 is 0 Å². The molecule has 2 rings (SSSR count). The van der Waals surface area contributed by atoms with Crippen molar-refractivity contribution in [3.8, 4) is 0 Å². The standard InChI is InChI=1S/C13H16N4S2/c1-9(10-5-3-4-6-15-10)8-19-13-16-11(14)7-12(17-13)18-2/h3-7,9H,8H2,1-2H3,(H2,14,16,17). The molecule has 0 aliphatic heterocycles. The number of nitrogen functional groups attached to an aromatic ring is 1. The fraction of sp³-hybridized carbons (Fsp3) is 0.308. The summed E-state index contributed by atoms with van der Waals surface area (Å²) in [6.45, 7) is 2.15. The Morgan fingerprint density at radius 1 is 1.32 bits per heavy atom. The van der Waals surface area contributed by atoms with E-state index in [1.807, 2.05) is 30.7 Å². The SMILES string of the molecule is CSc1cc(N)nc(SCC(C)c2ccccn2)n1. The maximum absolute atomic E-state index is 5.76. The minimum absolute atomic E-state index is 0.356. The number of anilines is 1. The van der Waals surface area contributed by atoms with Crippen LogP contribution >= 0.6 is 23.5 Å². The molecule has 2 aromatic rings. The van der Waals surface area contributed by atoms with E-state index in [4.69, 9.17) is 5.73 Å². The molecule has 2 heterocycles. The molecule has 2 N–H and O–H groups in total. The Morgan fingerprint density at radius 2 is 2.16 bits per heavy atom. The van der Waals surface area contributed by atoms with E-state index in [1.165, 1.54) is 0 Å². The molecule has 6 heteroatoms. The molecule has 0 fully saturated rings. The second-order valence-corrected chi connectivity index (χ2v) is 5.90. The number of nitrogens with zero attached hydrogens (tertiary/aromatic N) is 3. The van der Waals surface area contributed by atoms with Crippen molar-refractivity contribution in [2.24, 2.45) is 0 Å². The number of hydrogen-bond acceptors (Lipinski definition) is 6. The average molecular weight is 292 g/mol. The Bertz CT molecular complexity index is 533. The molecule has 100 valence electrons. The first-order valence-corrected chi connectivity index (χ1v) is 8.12. The lowest BCUT2D eigenvalue weighted by Gasteiger charge is -2.10. The van der Waals surface area contributed by atoms with Gasteiger partial charge in [0.05, 0.1) is 0 Å². The first-order chi connectivity index (χ1) is 9.19. The zero-order valence-electron chi connectivity index (χ0n) is 10.9. The molecule has 2 aromatic heterocycles. The molecular weight excluding hydrogens is 276 g/mol. The van der Waals surface area contributed by atoms with Crippen molar-refractivity contribution in [1.82, 2.24) is 15.0 Å². The molecule has 0 saturated heterocycles. The van der Waals surface area contributed by atoms with Crippen LogP contribution in [0.5, 0.6) is 0 Å². The normalized spacial score (nSPS) is 12.3. The van der Waals surface area contributed by atoms with Crippen LogP contribution in [0.2, 0.25) is 0 Å². The monoisotopic (exact) mass is 292 g/mol. The number of aromatic nitrogens is 3. The molecule has 1 unspecified atom stereocenters. The van der Waals surface area contributed by atoms with Crippen molar-refractivity contribution < 1.29 is 0 Å². The number of pyridine rings is 1. The third-order valence-corrected chi connectivity index (χ3v) is 4.30. The molecule has 0 spiro atoms. The van der Waals surface area contributed by atoms with Crippen molar-refractivity contribution >= 4 is 29.3 Å². The largest absolute Gasteiger partial charge is 0.384 e. The lowest BCUT2D eigenvalue weighted by Crippen LogP contribution is -2.01. The van der Waals surface area contributed by atoms with Gasteiger partial charge in [0.25, 0.3) is 0 Å². The summed E-state index contributed by atoms with van der Waals surface area (Å²) in [5.41, 5.74) is 6.85. The van der Waals surface area contributed by atoms with Crippen LogP contribution in [0.4, 0.5) is 5.82 Å². The number of hydrogen-bond donors (Lipinski definition) is 1. The maximum Gasteiger partial charge on any atom is 0.190 e. The highest BCUT2D eigenvalue weighted by Crippen LogP contribution is 2.25. The van der Waals surface area contributed by atoms with Gasteiger partial charge in [0.1, 0.15) is 10.8 Å². The van der Waals surface area contributed by atoms with Crippen molar-refractivity contribution in [2.45, 2.75) is 23.0 Å². The molecule has 0 saturated carbocycles. The van der Waals surface area contributed by atoms with Gasteiger partial charge in [0, 0.05) is 29.6 Å². The quantitative estimate of drug-likeness (QED) is 0.519. The predicted octanol–water partition coefficient (Wildman–Crippen LogP) is 3.07. The number of rotatable bonds is 5. The Hall–Kier alpha value is -1.27. The van der Waals surface area contributed by atoms with Gasteiger partial charge in [-0.25, -0.2) is 9.97 Å². The van der Waals surface area contributed by atoms with E-state index in [1.54, 1.807) is 29.6 Å². The van der Waals surface area contributed by atoms with Crippen molar-refractivity contribution in [3.63, 3.8) is 0 Å². The van der Waals surface area contributed by atoms with E-state index < -0.39 is 0 Å². The fourth-order valence-corrected chi connectivity index (χ4v) is 2.92. The zero-order chi connectivity index (χ0) is 13.7. The van der Waals surface area contributed by atoms with Gasteiger partial charge in [0.2, 0.25) is 0 Å². The summed E-state index contributed by atoms with van der Waals surface area (Å²) in [5.74, 6) is 1.76. The molecule has 4 nitrogen and oxygen atoms in total. The predicted molar refractivity (Wildman–Crippen MR) is 81.6 cm³/mol. The van der Waals surface area contributed by atoms with E-state index in [0.29, 0.717) is 11.7 Å². The van der Waals surface area contributed by atoms with Crippen LogP contribution in [0.25, 0.3) is 0 Å². The summed E-state index contributed by atoms with van der Waals surface area (Å²) in [4.78, 5) is 13.0. The smallest absolute Gasteiger partial charge is 0.190 e. The van der Waals surface area contributed by atoms with E-state index in [9.17, 15) is 0 Å². The Balaban J connectivity index is 2.01. The summed E-state index contributed by atoms with van der Waals surface area (Å²) >= 11 is 3.18. The van der Waals surface area contributed by atoms with Gasteiger partial charge in [-0.3, -0.25) is 4.98 Å². The van der Waals surface area contributed by atoms with Gasteiger partial charge in [-0.2, -0.15) is 0 Å². The Morgan fingerprint density at radius 3 is 2.84 bits per heavy atom. The Kier molecular flexibility index (Phi) is 5.04. The molecule has 1 atom stereocenters. The van der Waals surface area contributed by atoms with Gasteiger partial charge < -0.3 is 5.73 Å². The topological polar surface area (TPSA) is 64.7 Å². The van der Waals surface area contributed by atoms with Crippen LogP contribution in [0.15, 0.2) is 40.6 Å². The molecule has 0 aliphatic rings. The molecule has 0 amide bonds. The zero-order valence-corrected chi connectivity index (χ0v) is 12.5. The third kappa shape index (κ3) is 4.11. The first kappa shape index (κ1) is 14.1. The van der Waals surface area contributed by atoms with Crippen LogP contribution in [0.1, 0.15) is 18.5 Å². The summed E-state index contributed by atoms with van der Waals surface area (Å²) < 4.78 is 0. The van der Waals surface area contributed by atoms with Crippen LogP contribution in [-0.2, 0) is 0 Å². The molecule has 0 aliphatic carbocycles. The lowest BCUT2D eigenvalue weighted by molar-refractivity contribution is 0.826. The van der Waals surface area contributed by atoms with Crippen LogP contribution < -0.4 is 5.73 Å². The average Bonchev–Trinajstić information content (AvgIpc) is 2.45. The van der Waals surface area contributed by atoms with Gasteiger partial charge in [-0.1, -0.05) is 24.8 Å². The minimum Gasteiger partial charge on any atom is -0.384 e. The van der Waals surface area contributed by atoms with Crippen molar-refractivity contribution in [2.75, 3.05) is 17.7 Å². The van der Waals surface area contributed by atoms with E-state index >= 15 is 0 Å². The maximum atomic E-state index is 5.76. The summed E-state index contributed by atoms with van der Waals surface area (Å²) in [7, 11) is 0. The van der Waals surface area contributed by atoms with Crippen LogP contribution in [0.3, 0.4) is 0 Å². The second kappa shape index (κ2) is 6.77. The van der Waals surface area contributed by atoms with Crippen molar-refractivity contribution in [3.05, 3.63) is 36.2 Å². The summed E-state index contributed by atoms with van der Waals surface area (Å²) in [5, 5.41) is 1.63. The highest BCUT2D eigenvalue weighted by atomic mass is 32.2.